The summed E-state index contributed by atoms with van der Waals surface area (Å²) >= 11 is 1.65. The van der Waals surface area contributed by atoms with Crippen LogP contribution in [0.15, 0.2) is 6.07 Å². The third-order valence-corrected chi connectivity index (χ3v) is 4.55. The van der Waals surface area contributed by atoms with E-state index < -0.39 is 0 Å². The summed E-state index contributed by atoms with van der Waals surface area (Å²) in [5.41, 5.74) is 2.54. The Bertz CT molecular complexity index is 625. The molecule has 7 heteroatoms. The van der Waals surface area contributed by atoms with Gasteiger partial charge in [0.15, 0.2) is 0 Å². The monoisotopic (exact) mass is 307 g/mol. The van der Waals surface area contributed by atoms with E-state index >= 15 is 0 Å². The fraction of sp³-hybridized carbons (Fsp3) is 0.571. The third kappa shape index (κ3) is 3.42. The minimum absolute atomic E-state index is 0.449. The highest BCUT2D eigenvalue weighted by molar-refractivity contribution is 7.18. The molecule has 0 atom stereocenters. The summed E-state index contributed by atoms with van der Waals surface area (Å²) in [6.07, 6.45) is 2.64. The number of hydrazine groups is 1. The zero-order valence-corrected chi connectivity index (χ0v) is 13.2. The van der Waals surface area contributed by atoms with E-state index in [1.165, 1.54) is 17.7 Å². The van der Waals surface area contributed by atoms with Crippen LogP contribution >= 0.6 is 11.3 Å². The smallest absolute Gasteiger partial charge is 0.240 e. The number of aromatic nitrogens is 2. The first kappa shape index (κ1) is 14.5. The molecule has 0 spiro atoms. The fourth-order valence-electron chi connectivity index (χ4n) is 2.22. The van der Waals surface area contributed by atoms with Crippen molar-refractivity contribution in [2.75, 3.05) is 37.1 Å². The number of aryl methyl sites for hydroxylation is 1. The van der Waals surface area contributed by atoms with Crippen molar-refractivity contribution in [2.24, 2.45) is 11.8 Å². The first-order valence-electron chi connectivity index (χ1n) is 7.21. The molecule has 1 saturated carbocycles. The van der Waals surface area contributed by atoms with Crippen LogP contribution in [0.1, 0.15) is 17.7 Å². The highest BCUT2D eigenvalue weighted by Crippen LogP contribution is 2.31. The van der Waals surface area contributed by atoms with E-state index in [0.29, 0.717) is 12.6 Å². The summed E-state index contributed by atoms with van der Waals surface area (Å²) in [4.78, 5) is 13.2. The third-order valence-electron chi connectivity index (χ3n) is 3.61. The number of rotatable bonds is 7. The molecule has 2 heterocycles. The van der Waals surface area contributed by atoms with E-state index in [2.05, 4.69) is 33.3 Å². The molecule has 0 saturated heterocycles. The van der Waals surface area contributed by atoms with Crippen molar-refractivity contribution in [3.05, 3.63) is 10.9 Å². The molecule has 0 bridgehead atoms. The number of nitrogens with one attached hydrogen (secondary N) is 1. The zero-order valence-electron chi connectivity index (χ0n) is 12.4. The maximum absolute atomic E-state index is 5.70. The highest BCUT2D eigenvalue weighted by Gasteiger charge is 2.21. The van der Waals surface area contributed by atoms with Crippen LogP contribution in [-0.2, 0) is 4.74 Å². The van der Waals surface area contributed by atoms with Gasteiger partial charge < -0.3 is 9.64 Å². The molecule has 0 aliphatic heterocycles. The summed E-state index contributed by atoms with van der Waals surface area (Å²) in [6.45, 7) is 4.48. The Labute approximate surface area is 128 Å². The van der Waals surface area contributed by atoms with Crippen molar-refractivity contribution in [3.8, 4) is 0 Å². The van der Waals surface area contributed by atoms with Crippen molar-refractivity contribution >= 4 is 33.3 Å². The van der Waals surface area contributed by atoms with Gasteiger partial charge >= 0.3 is 0 Å². The van der Waals surface area contributed by atoms with Crippen molar-refractivity contribution < 1.29 is 4.74 Å². The van der Waals surface area contributed by atoms with Crippen LogP contribution in [0.5, 0.6) is 0 Å². The maximum atomic E-state index is 5.70. The Morgan fingerprint density at radius 1 is 1.48 bits per heavy atom. The normalized spacial score (nSPS) is 14.6. The first-order valence-corrected chi connectivity index (χ1v) is 8.02. The van der Waals surface area contributed by atoms with Crippen molar-refractivity contribution in [3.63, 3.8) is 0 Å². The number of hydrogen-bond acceptors (Lipinski definition) is 7. The number of anilines is 2. The van der Waals surface area contributed by atoms with Crippen LogP contribution in [0.3, 0.4) is 0 Å². The van der Waals surface area contributed by atoms with Gasteiger partial charge in [0.25, 0.3) is 0 Å². The molecule has 3 N–H and O–H groups in total. The molecule has 1 fully saturated rings. The highest BCUT2D eigenvalue weighted by atomic mass is 32.1. The maximum Gasteiger partial charge on any atom is 0.240 e. The summed E-state index contributed by atoms with van der Waals surface area (Å²) < 4.78 is 5.70. The second-order valence-electron chi connectivity index (χ2n) is 5.53. The Morgan fingerprint density at radius 2 is 2.29 bits per heavy atom. The number of thiophene rings is 1. The van der Waals surface area contributed by atoms with Gasteiger partial charge in [0.1, 0.15) is 10.6 Å². The van der Waals surface area contributed by atoms with E-state index in [0.717, 1.165) is 35.1 Å². The lowest BCUT2D eigenvalue weighted by Crippen LogP contribution is -2.25. The zero-order chi connectivity index (χ0) is 14.8. The van der Waals surface area contributed by atoms with E-state index in [1.807, 2.05) is 7.05 Å². The van der Waals surface area contributed by atoms with Crippen molar-refractivity contribution in [2.45, 2.75) is 19.8 Å². The van der Waals surface area contributed by atoms with Gasteiger partial charge in [-0.3, -0.25) is 5.43 Å². The fourth-order valence-corrected chi connectivity index (χ4v) is 3.10. The standard InChI is InChI=1S/C14H21N5OS/c1-9-7-11-12(16-14(18-15)17-13(11)21-9)19(2)5-6-20-8-10-3-4-10/h7,10H,3-6,8,15H2,1-2H3,(H,16,17,18). The van der Waals surface area contributed by atoms with Gasteiger partial charge in [0.05, 0.1) is 12.0 Å². The quantitative estimate of drug-likeness (QED) is 0.464. The van der Waals surface area contributed by atoms with Crippen LogP contribution in [0.25, 0.3) is 10.2 Å². The average molecular weight is 307 g/mol. The number of nitrogens with zero attached hydrogens (tertiary/aromatic N) is 3. The molecule has 0 aromatic carbocycles. The summed E-state index contributed by atoms with van der Waals surface area (Å²) in [7, 11) is 2.02. The predicted octanol–water partition coefficient (Wildman–Crippen LogP) is 2.15. The Hall–Kier alpha value is -1.44. The second-order valence-corrected chi connectivity index (χ2v) is 6.77. The number of likely N-dealkylation sites (N-methyl/N-ethyl adjacent to an activating group) is 1. The first-order chi connectivity index (χ1) is 10.2. The molecular formula is C14H21N5OS. The van der Waals surface area contributed by atoms with Gasteiger partial charge in [-0.2, -0.15) is 4.98 Å². The van der Waals surface area contributed by atoms with Gasteiger partial charge in [-0.25, -0.2) is 10.8 Å². The van der Waals surface area contributed by atoms with Gasteiger partial charge in [0.2, 0.25) is 5.95 Å². The summed E-state index contributed by atoms with van der Waals surface area (Å²) in [5.74, 6) is 7.61. The van der Waals surface area contributed by atoms with Crippen LogP contribution in [-0.4, -0.2) is 36.8 Å². The number of ether oxygens (including phenoxy) is 1. The SMILES string of the molecule is Cc1cc2c(N(C)CCOCC3CC3)nc(NN)nc2s1. The molecule has 21 heavy (non-hydrogen) atoms. The van der Waals surface area contributed by atoms with E-state index in [4.69, 9.17) is 10.6 Å². The number of hydrogen-bond donors (Lipinski definition) is 2. The van der Waals surface area contributed by atoms with Crippen molar-refractivity contribution in [1.29, 1.82) is 0 Å². The minimum Gasteiger partial charge on any atom is -0.379 e. The van der Waals surface area contributed by atoms with Gasteiger partial charge in [-0.15, -0.1) is 11.3 Å². The van der Waals surface area contributed by atoms with Gasteiger partial charge in [-0.1, -0.05) is 0 Å². The molecule has 1 aliphatic carbocycles. The molecular weight excluding hydrogens is 286 g/mol. The van der Waals surface area contributed by atoms with Crippen LogP contribution in [0, 0.1) is 12.8 Å². The molecule has 6 nitrogen and oxygen atoms in total. The van der Waals surface area contributed by atoms with Gasteiger partial charge in [0, 0.05) is 25.1 Å². The lowest BCUT2D eigenvalue weighted by Gasteiger charge is -2.19. The Balaban J connectivity index is 1.73. The molecule has 114 valence electrons. The average Bonchev–Trinajstić information content (AvgIpc) is 3.22. The van der Waals surface area contributed by atoms with Crippen LogP contribution in [0.4, 0.5) is 11.8 Å². The topological polar surface area (TPSA) is 76.3 Å². The van der Waals surface area contributed by atoms with Crippen LogP contribution in [0.2, 0.25) is 0 Å². The summed E-state index contributed by atoms with van der Waals surface area (Å²) in [6, 6.07) is 2.12. The lowest BCUT2D eigenvalue weighted by molar-refractivity contribution is 0.131. The molecule has 0 unspecified atom stereocenters. The molecule has 0 amide bonds. The minimum atomic E-state index is 0.449. The molecule has 2 aromatic rings. The number of nitrogens with two attached hydrogens (primary N) is 1. The predicted molar refractivity (Wildman–Crippen MR) is 86.8 cm³/mol. The molecule has 2 aromatic heterocycles. The Kier molecular flexibility index (Phi) is 4.23. The van der Waals surface area contributed by atoms with Crippen LogP contribution < -0.4 is 16.2 Å². The molecule has 3 rings (SSSR count). The molecule has 0 radical (unpaired) electrons. The van der Waals surface area contributed by atoms with E-state index in [9.17, 15) is 0 Å². The van der Waals surface area contributed by atoms with E-state index in [-0.39, 0.29) is 0 Å². The lowest BCUT2D eigenvalue weighted by atomic mass is 10.3. The van der Waals surface area contributed by atoms with Gasteiger partial charge in [-0.05, 0) is 31.7 Å². The number of fused-ring (bicyclic) bond motifs is 1. The summed E-state index contributed by atoms with van der Waals surface area (Å²) in [5, 5.41) is 1.07. The largest absolute Gasteiger partial charge is 0.379 e. The van der Waals surface area contributed by atoms with E-state index in [1.54, 1.807) is 11.3 Å². The number of nitrogen functional groups attached to an aromatic ring is 1. The second kappa shape index (κ2) is 6.13. The Morgan fingerprint density at radius 3 is 3.00 bits per heavy atom. The molecule has 1 aliphatic rings. The van der Waals surface area contributed by atoms with Crippen molar-refractivity contribution in [1.82, 2.24) is 9.97 Å².